The molecule has 0 amide bonds. The zero-order valence-electron chi connectivity index (χ0n) is 29.2. The largest absolute Gasteiger partial charge is 0.456 e. The van der Waals surface area contributed by atoms with Crippen molar-refractivity contribution >= 4 is 49.8 Å². The van der Waals surface area contributed by atoms with Crippen molar-refractivity contribution in [2.75, 3.05) is 4.90 Å². The van der Waals surface area contributed by atoms with Crippen molar-refractivity contribution in [2.24, 2.45) is 0 Å². The first kappa shape index (κ1) is 31.4. The van der Waals surface area contributed by atoms with E-state index in [1.165, 1.54) is 0 Å². The predicted molar refractivity (Wildman–Crippen MR) is 221 cm³/mol. The zero-order valence-corrected chi connectivity index (χ0v) is 29.2. The molecule has 0 saturated carbocycles. The van der Waals surface area contributed by atoms with E-state index in [0.717, 1.165) is 77.6 Å². The normalized spacial score (nSPS) is 11.3. The molecule has 0 aliphatic heterocycles. The van der Waals surface area contributed by atoms with E-state index in [0.29, 0.717) is 17.5 Å². The Bertz CT molecular complexity index is 2810. The third kappa shape index (κ3) is 5.65. The van der Waals surface area contributed by atoms with Gasteiger partial charge >= 0.3 is 0 Å². The van der Waals surface area contributed by atoms with E-state index in [1.807, 2.05) is 84.9 Å². The van der Waals surface area contributed by atoms with Crippen molar-refractivity contribution in [2.45, 2.75) is 0 Å². The van der Waals surface area contributed by atoms with Crippen LogP contribution in [-0.2, 0) is 0 Å². The van der Waals surface area contributed by atoms with E-state index in [1.54, 1.807) is 0 Å². The van der Waals surface area contributed by atoms with Gasteiger partial charge in [0, 0.05) is 44.5 Å². The minimum atomic E-state index is 0.611. The number of furan rings is 1. The minimum Gasteiger partial charge on any atom is -0.456 e. The van der Waals surface area contributed by atoms with Gasteiger partial charge in [0.1, 0.15) is 11.2 Å². The highest BCUT2D eigenvalue weighted by molar-refractivity contribution is 6.22. The van der Waals surface area contributed by atoms with Crippen LogP contribution < -0.4 is 4.90 Å². The first-order valence-corrected chi connectivity index (χ1v) is 18.0. The fraction of sp³-hybridized carbons (Fsp3) is 0. The number of anilines is 3. The third-order valence-electron chi connectivity index (χ3n) is 9.90. The maximum Gasteiger partial charge on any atom is 0.164 e. The summed E-state index contributed by atoms with van der Waals surface area (Å²) in [6, 6.07) is 66.9. The Morgan fingerprint density at radius 1 is 0.333 bits per heavy atom. The Labute approximate surface area is 312 Å². The van der Waals surface area contributed by atoms with Crippen LogP contribution in [0.15, 0.2) is 199 Å². The molecule has 0 fully saturated rings. The van der Waals surface area contributed by atoms with Gasteiger partial charge in [0.2, 0.25) is 0 Å². The van der Waals surface area contributed by atoms with Crippen LogP contribution >= 0.6 is 0 Å². The molecule has 2 aromatic heterocycles. The molecule has 0 aliphatic carbocycles. The van der Waals surface area contributed by atoms with Crippen LogP contribution in [-0.4, -0.2) is 15.0 Å². The van der Waals surface area contributed by atoms with Gasteiger partial charge in [-0.05, 0) is 82.6 Å². The molecule has 0 aliphatic rings. The van der Waals surface area contributed by atoms with Crippen LogP contribution in [0.2, 0.25) is 0 Å². The standard InChI is InChI=1S/C49H32N4O/c1-5-15-34(16-6-1)47-50-48(35-17-7-2-8-18-35)52-49(51-47)36-27-30-44-43(31-36)46-41-24-14-13-23-40(41)42(32-45(46)54-44)33-25-28-39(29-26-33)53(37-19-9-3-10-20-37)38-21-11-4-12-22-38/h1-32H. The molecule has 10 aromatic rings. The van der Waals surface area contributed by atoms with Crippen LogP contribution in [0, 0.1) is 0 Å². The Morgan fingerprint density at radius 3 is 1.37 bits per heavy atom. The van der Waals surface area contributed by atoms with Crippen LogP contribution in [0.25, 0.3) is 78.0 Å². The highest BCUT2D eigenvalue weighted by atomic mass is 16.3. The average molecular weight is 693 g/mol. The SMILES string of the molecule is c1ccc(-c2nc(-c3ccccc3)nc(-c3ccc4oc5cc(-c6ccc(N(c7ccccc7)c7ccccc7)cc6)c6ccccc6c5c4c3)n2)cc1. The van der Waals surface area contributed by atoms with Crippen LogP contribution in [0.4, 0.5) is 17.1 Å². The van der Waals surface area contributed by atoms with Gasteiger partial charge in [0.05, 0.1) is 0 Å². The number of para-hydroxylation sites is 2. The Kier molecular flexibility index (Phi) is 7.73. The summed E-state index contributed by atoms with van der Waals surface area (Å²) in [5.74, 6) is 1.88. The van der Waals surface area contributed by atoms with Crippen LogP contribution in [0.5, 0.6) is 0 Å². The van der Waals surface area contributed by atoms with Gasteiger partial charge in [-0.1, -0.05) is 133 Å². The van der Waals surface area contributed by atoms with Gasteiger partial charge in [0.25, 0.3) is 0 Å². The zero-order chi connectivity index (χ0) is 35.8. The number of nitrogens with zero attached hydrogens (tertiary/aromatic N) is 4. The fourth-order valence-corrected chi connectivity index (χ4v) is 7.35. The highest BCUT2D eigenvalue weighted by Gasteiger charge is 2.19. The molecule has 0 atom stereocenters. The molecule has 254 valence electrons. The van der Waals surface area contributed by atoms with Gasteiger partial charge in [-0.25, -0.2) is 15.0 Å². The lowest BCUT2D eigenvalue weighted by Gasteiger charge is -2.25. The lowest BCUT2D eigenvalue weighted by atomic mass is 9.94. The molecule has 5 heteroatoms. The number of rotatable bonds is 7. The molecule has 0 N–H and O–H groups in total. The van der Waals surface area contributed by atoms with Crippen molar-refractivity contribution in [1.82, 2.24) is 15.0 Å². The molecular formula is C49H32N4O. The van der Waals surface area contributed by atoms with E-state index < -0.39 is 0 Å². The number of fused-ring (bicyclic) bond motifs is 5. The quantitative estimate of drug-likeness (QED) is 0.166. The molecule has 5 nitrogen and oxygen atoms in total. The van der Waals surface area contributed by atoms with Crippen LogP contribution in [0.3, 0.4) is 0 Å². The van der Waals surface area contributed by atoms with E-state index in [4.69, 9.17) is 19.4 Å². The monoisotopic (exact) mass is 692 g/mol. The molecule has 2 heterocycles. The molecule has 54 heavy (non-hydrogen) atoms. The van der Waals surface area contributed by atoms with E-state index in [-0.39, 0.29) is 0 Å². The second-order valence-electron chi connectivity index (χ2n) is 13.2. The van der Waals surface area contributed by atoms with Crippen molar-refractivity contribution in [1.29, 1.82) is 0 Å². The number of aromatic nitrogens is 3. The minimum absolute atomic E-state index is 0.611. The van der Waals surface area contributed by atoms with Gasteiger partial charge in [-0.15, -0.1) is 0 Å². The molecule has 0 radical (unpaired) electrons. The summed E-state index contributed by atoms with van der Waals surface area (Å²) in [6.45, 7) is 0. The van der Waals surface area contributed by atoms with Gasteiger partial charge in [-0.3, -0.25) is 0 Å². The summed E-state index contributed by atoms with van der Waals surface area (Å²) in [5.41, 5.74) is 9.95. The van der Waals surface area contributed by atoms with Gasteiger partial charge < -0.3 is 9.32 Å². The maximum atomic E-state index is 6.62. The first-order chi connectivity index (χ1) is 26.8. The molecule has 10 rings (SSSR count). The lowest BCUT2D eigenvalue weighted by molar-refractivity contribution is 0.669. The van der Waals surface area contributed by atoms with Crippen molar-refractivity contribution in [3.63, 3.8) is 0 Å². The van der Waals surface area contributed by atoms with Gasteiger partial charge in [0.15, 0.2) is 17.5 Å². The van der Waals surface area contributed by atoms with E-state index in [2.05, 4.69) is 114 Å². The molecule has 0 spiro atoms. The summed E-state index contributed by atoms with van der Waals surface area (Å²) in [4.78, 5) is 17.1. The number of hydrogen-bond donors (Lipinski definition) is 0. The predicted octanol–water partition coefficient (Wildman–Crippen LogP) is 13.1. The van der Waals surface area contributed by atoms with Crippen molar-refractivity contribution in [3.05, 3.63) is 194 Å². The van der Waals surface area contributed by atoms with Gasteiger partial charge in [-0.2, -0.15) is 0 Å². The summed E-state index contributed by atoms with van der Waals surface area (Å²) < 4.78 is 6.62. The highest BCUT2D eigenvalue weighted by Crippen LogP contribution is 2.42. The topological polar surface area (TPSA) is 55.1 Å². The Balaban J connectivity index is 1.09. The number of benzene rings is 8. The third-order valence-corrected chi connectivity index (χ3v) is 9.90. The summed E-state index contributed by atoms with van der Waals surface area (Å²) in [5, 5.41) is 4.38. The number of hydrogen-bond acceptors (Lipinski definition) is 5. The summed E-state index contributed by atoms with van der Waals surface area (Å²) in [6.07, 6.45) is 0. The summed E-state index contributed by atoms with van der Waals surface area (Å²) >= 11 is 0. The molecule has 0 bridgehead atoms. The van der Waals surface area contributed by atoms with Crippen molar-refractivity contribution in [3.8, 4) is 45.3 Å². The van der Waals surface area contributed by atoms with E-state index >= 15 is 0 Å². The first-order valence-electron chi connectivity index (χ1n) is 18.0. The second-order valence-corrected chi connectivity index (χ2v) is 13.2. The summed E-state index contributed by atoms with van der Waals surface area (Å²) in [7, 11) is 0. The van der Waals surface area contributed by atoms with Crippen molar-refractivity contribution < 1.29 is 4.42 Å². The fourth-order valence-electron chi connectivity index (χ4n) is 7.35. The van der Waals surface area contributed by atoms with E-state index in [9.17, 15) is 0 Å². The average Bonchev–Trinajstić information content (AvgIpc) is 3.63. The Morgan fingerprint density at radius 2 is 0.796 bits per heavy atom. The molecule has 0 unspecified atom stereocenters. The lowest BCUT2D eigenvalue weighted by Crippen LogP contribution is -2.09. The Hall–Kier alpha value is -7.37. The van der Waals surface area contributed by atoms with Crippen LogP contribution in [0.1, 0.15) is 0 Å². The second kappa shape index (κ2) is 13.3. The smallest absolute Gasteiger partial charge is 0.164 e. The molecule has 0 saturated heterocycles. The maximum absolute atomic E-state index is 6.62. The molecule has 8 aromatic carbocycles. The molecular weight excluding hydrogens is 661 g/mol.